The van der Waals surface area contributed by atoms with E-state index in [1.807, 2.05) is 6.08 Å². The van der Waals surface area contributed by atoms with Crippen LogP contribution in [0.1, 0.15) is 38.5 Å². The maximum atomic E-state index is 6.37. The topological polar surface area (TPSA) is 12.5 Å². The Labute approximate surface area is 122 Å². The predicted molar refractivity (Wildman–Crippen MR) is 92.2 cm³/mol. The molecule has 1 rings (SSSR count). The molecule has 0 aromatic rings. The number of hydrogen-bond acceptors (Lipinski definition) is 1. The van der Waals surface area contributed by atoms with Gasteiger partial charge in [0.2, 0.25) is 0 Å². The molecule has 1 saturated heterocycles. The highest BCUT2D eigenvalue weighted by atomic mass is 28.4. The number of allylic oxidation sites excluding steroid dienone is 1. The zero-order chi connectivity index (χ0) is 14.7. The SMILES string of the molecule is C=CCCCCCCC1OC1([Si](C)(C)C)[Si](C)(C)C. The molecule has 0 radical (unpaired) electrons. The number of epoxide rings is 1. The summed E-state index contributed by atoms with van der Waals surface area (Å²) >= 11 is 0. The summed E-state index contributed by atoms with van der Waals surface area (Å²) in [5.41, 5.74) is 0. The van der Waals surface area contributed by atoms with Crippen LogP contribution in [0.15, 0.2) is 12.7 Å². The number of ether oxygens (including phenoxy) is 1. The predicted octanol–water partition coefficient (Wildman–Crippen LogP) is 5.41. The van der Waals surface area contributed by atoms with E-state index >= 15 is 0 Å². The summed E-state index contributed by atoms with van der Waals surface area (Å²) in [5.74, 6) is 0. The standard InChI is InChI=1S/C16H34OSi2/c1-8-9-10-11-12-13-14-15-16(17-15,18(2,3)4)19(5,6)7/h8,15H,1,9-14H2,2-7H3. The van der Waals surface area contributed by atoms with Gasteiger partial charge in [-0.2, -0.15) is 0 Å². The lowest BCUT2D eigenvalue weighted by atomic mass is 10.1. The molecule has 1 nitrogen and oxygen atoms in total. The third-order valence-corrected chi connectivity index (χ3v) is 14.4. The van der Waals surface area contributed by atoms with Gasteiger partial charge in [0, 0.05) is 0 Å². The van der Waals surface area contributed by atoms with Gasteiger partial charge in [-0.15, -0.1) is 6.58 Å². The van der Waals surface area contributed by atoms with Crippen LogP contribution in [0.2, 0.25) is 39.3 Å². The monoisotopic (exact) mass is 298 g/mol. The van der Waals surface area contributed by atoms with Gasteiger partial charge in [0.15, 0.2) is 0 Å². The van der Waals surface area contributed by atoms with Crippen molar-refractivity contribution in [1.82, 2.24) is 0 Å². The van der Waals surface area contributed by atoms with Crippen LogP contribution >= 0.6 is 0 Å². The molecule has 0 amide bonds. The first-order valence-corrected chi connectivity index (χ1v) is 15.0. The molecule has 1 fully saturated rings. The lowest BCUT2D eigenvalue weighted by Gasteiger charge is -2.36. The molecule has 1 unspecified atom stereocenters. The average molecular weight is 299 g/mol. The van der Waals surface area contributed by atoms with Gasteiger partial charge in [0.1, 0.15) is 0 Å². The smallest absolute Gasteiger partial charge is 0.0817 e. The molecule has 0 spiro atoms. The molecule has 0 bridgehead atoms. The van der Waals surface area contributed by atoms with Gasteiger partial charge >= 0.3 is 0 Å². The Morgan fingerprint density at radius 2 is 1.47 bits per heavy atom. The van der Waals surface area contributed by atoms with Crippen LogP contribution < -0.4 is 0 Å². The first kappa shape index (κ1) is 17.2. The highest BCUT2D eigenvalue weighted by Crippen LogP contribution is 2.52. The summed E-state index contributed by atoms with van der Waals surface area (Å²) in [7, 11) is -2.45. The normalized spacial score (nSPS) is 22.3. The number of hydrogen-bond donors (Lipinski definition) is 0. The van der Waals surface area contributed by atoms with E-state index in [4.69, 9.17) is 4.74 Å². The van der Waals surface area contributed by atoms with Crippen LogP contribution in [0.4, 0.5) is 0 Å². The summed E-state index contributed by atoms with van der Waals surface area (Å²) in [6, 6.07) is 0. The molecule has 19 heavy (non-hydrogen) atoms. The number of rotatable bonds is 9. The van der Waals surface area contributed by atoms with Crippen LogP contribution in [0.5, 0.6) is 0 Å². The van der Waals surface area contributed by atoms with Gasteiger partial charge in [-0.25, -0.2) is 0 Å². The van der Waals surface area contributed by atoms with Gasteiger partial charge in [-0.1, -0.05) is 64.6 Å². The fourth-order valence-corrected chi connectivity index (χ4v) is 16.1. The molecule has 0 N–H and O–H groups in total. The van der Waals surface area contributed by atoms with E-state index in [2.05, 4.69) is 45.9 Å². The van der Waals surface area contributed by atoms with Crippen molar-refractivity contribution in [3.63, 3.8) is 0 Å². The Kier molecular flexibility index (Phi) is 5.67. The van der Waals surface area contributed by atoms with E-state index in [0.29, 0.717) is 11.0 Å². The number of unbranched alkanes of at least 4 members (excludes halogenated alkanes) is 4. The molecule has 1 heterocycles. The van der Waals surface area contributed by atoms with Gasteiger partial charge in [-0.3, -0.25) is 0 Å². The Morgan fingerprint density at radius 1 is 0.947 bits per heavy atom. The quantitative estimate of drug-likeness (QED) is 0.240. The fourth-order valence-electron chi connectivity index (χ4n) is 3.87. The van der Waals surface area contributed by atoms with Crippen molar-refractivity contribution in [2.24, 2.45) is 0 Å². The van der Waals surface area contributed by atoms with Crippen LogP contribution in [0.25, 0.3) is 0 Å². The zero-order valence-electron chi connectivity index (χ0n) is 14.0. The molecular formula is C16H34OSi2. The van der Waals surface area contributed by atoms with Crippen LogP contribution in [0.3, 0.4) is 0 Å². The molecule has 0 aromatic heterocycles. The second-order valence-electron chi connectivity index (χ2n) is 8.12. The van der Waals surface area contributed by atoms with Crippen molar-refractivity contribution in [3.05, 3.63) is 12.7 Å². The second kappa shape index (κ2) is 6.27. The fraction of sp³-hybridized carbons (Fsp3) is 0.875. The Bertz CT molecular complexity index is 285. The van der Waals surface area contributed by atoms with Crippen LogP contribution in [-0.4, -0.2) is 27.1 Å². The van der Waals surface area contributed by atoms with Gasteiger partial charge in [-0.05, 0) is 19.3 Å². The lowest BCUT2D eigenvalue weighted by molar-refractivity contribution is 0.363. The molecule has 0 aromatic carbocycles. The Hall–Kier alpha value is 0.134. The first-order chi connectivity index (χ1) is 8.67. The molecule has 3 heteroatoms. The summed E-state index contributed by atoms with van der Waals surface area (Å²) in [5, 5.41) is 0. The minimum absolute atomic E-state index is 0.348. The molecule has 112 valence electrons. The minimum atomic E-state index is -1.23. The van der Waals surface area contributed by atoms with E-state index in [1.54, 1.807) is 0 Å². The van der Waals surface area contributed by atoms with E-state index in [0.717, 1.165) is 0 Å². The third-order valence-electron chi connectivity index (χ3n) is 4.58. The summed E-state index contributed by atoms with van der Waals surface area (Å²) in [4.78, 5) is 0.348. The minimum Gasteiger partial charge on any atom is -0.374 e. The highest BCUT2D eigenvalue weighted by molar-refractivity contribution is 6.99. The molecule has 1 atom stereocenters. The summed E-state index contributed by atoms with van der Waals surface area (Å²) < 4.78 is 6.37. The highest BCUT2D eigenvalue weighted by Gasteiger charge is 2.69. The van der Waals surface area contributed by atoms with E-state index in [9.17, 15) is 0 Å². The molecule has 1 aliphatic heterocycles. The van der Waals surface area contributed by atoms with E-state index < -0.39 is 16.1 Å². The zero-order valence-corrected chi connectivity index (χ0v) is 16.0. The van der Waals surface area contributed by atoms with Crippen molar-refractivity contribution in [2.75, 3.05) is 0 Å². The lowest BCUT2D eigenvalue weighted by Crippen LogP contribution is -2.59. The largest absolute Gasteiger partial charge is 0.374 e. The van der Waals surface area contributed by atoms with Crippen LogP contribution in [0, 0.1) is 0 Å². The molecule has 1 aliphatic rings. The first-order valence-electron chi connectivity index (χ1n) is 7.95. The summed E-state index contributed by atoms with van der Waals surface area (Å²) in [6.07, 6.45) is 10.5. The second-order valence-corrected chi connectivity index (χ2v) is 19.1. The van der Waals surface area contributed by atoms with Crippen LogP contribution in [-0.2, 0) is 4.74 Å². The van der Waals surface area contributed by atoms with Gasteiger partial charge in [0.25, 0.3) is 0 Å². The van der Waals surface area contributed by atoms with Gasteiger partial charge in [0.05, 0.1) is 27.1 Å². The van der Waals surface area contributed by atoms with Crippen molar-refractivity contribution < 1.29 is 4.74 Å². The van der Waals surface area contributed by atoms with Crippen molar-refractivity contribution in [3.8, 4) is 0 Å². The molecule has 0 saturated carbocycles. The Morgan fingerprint density at radius 3 is 1.89 bits per heavy atom. The van der Waals surface area contributed by atoms with E-state index in [-0.39, 0.29) is 0 Å². The summed E-state index contributed by atoms with van der Waals surface area (Å²) in [6.45, 7) is 18.8. The van der Waals surface area contributed by atoms with E-state index in [1.165, 1.54) is 38.5 Å². The van der Waals surface area contributed by atoms with Crippen molar-refractivity contribution in [1.29, 1.82) is 0 Å². The maximum Gasteiger partial charge on any atom is 0.0817 e. The average Bonchev–Trinajstić information content (AvgIpc) is 2.97. The molecule has 0 aliphatic carbocycles. The molecular weight excluding hydrogens is 264 g/mol. The Balaban J connectivity index is 2.39. The van der Waals surface area contributed by atoms with Gasteiger partial charge < -0.3 is 4.74 Å². The maximum absolute atomic E-state index is 6.37. The third kappa shape index (κ3) is 3.82. The van der Waals surface area contributed by atoms with Crippen molar-refractivity contribution >= 4 is 16.1 Å². The van der Waals surface area contributed by atoms with Crippen molar-refractivity contribution in [2.45, 2.75) is 88.8 Å².